The lowest BCUT2D eigenvalue weighted by molar-refractivity contribution is 0.182. The van der Waals surface area contributed by atoms with Crippen molar-refractivity contribution in [3.8, 4) is 0 Å². The van der Waals surface area contributed by atoms with Gasteiger partial charge in [0.05, 0.1) is 4.47 Å². The summed E-state index contributed by atoms with van der Waals surface area (Å²) in [5.41, 5.74) is -0.168. The lowest BCUT2D eigenvalue weighted by Crippen LogP contribution is -2.02. The molecule has 0 saturated heterocycles. The fourth-order valence-electron chi connectivity index (χ4n) is 1.38. The van der Waals surface area contributed by atoms with E-state index < -0.39 is 17.7 Å². The zero-order valence-electron chi connectivity index (χ0n) is 8.25. The summed E-state index contributed by atoms with van der Waals surface area (Å²) < 4.78 is 32.5. The van der Waals surface area contributed by atoms with Crippen LogP contribution in [0.4, 0.5) is 8.78 Å². The average molecular weight is 368 g/mol. The molecule has 17 heavy (non-hydrogen) atoms. The first-order valence-electron chi connectivity index (χ1n) is 4.57. The molecule has 90 valence electrons. The van der Waals surface area contributed by atoms with Crippen molar-refractivity contribution in [1.82, 2.24) is 0 Å². The molecule has 0 aliphatic rings. The van der Waals surface area contributed by atoms with Gasteiger partial charge in [-0.2, -0.15) is 0 Å². The first-order valence-corrected chi connectivity index (χ1v) is 6.15. The van der Waals surface area contributed by atoms with Gasteiger partial charge >= 0.3 is 0 Å². The summed E-state index contributed by atoms with van der Waals surface area (Å²) in [5, 5.41) is 9.89. The van der Waals surface area contributed by atoms with Gasteiger partial charge in [-0.05, 0) is 56.1 Å². The van der Waals surface area contributed by atoms with Gasteiger partial charge in [-0.3, -0.25) is 0 Å². The predicted octanol–water partition coefficient (Wildman–Crippen LogP) is 4.16. The Morgan fingerprint density at radius 2 is 1.88 bits per heavy atom. The Labute approximate surface area is 113 Å². The molecule has 2 aromatic rings. The Bertz CT molecular complexity index is 535. The minimum absolute atomic E-state index is 0.119. The van der Waals surface area contributed by atoms with E-state index in [9.17, 15) is 13.9 Å². The smallest absolute Gasteiger partial charge is 0.183 e. The Kier molecular flexibility index (Phi) is 3.65. The monoisotopic (exact) mass is 366 g/mol. The van der Waals surface area contributed by atoms with Gasteiger partial charge in [-0.15, -0.1) is 0 Å². The molecule has 2 nitrogen and oxygen atoms in total. The highest BCUT2D eigenvalue weighted by molar-refractivity contribution is 9.13. The molecule has 6 heteroatoms. The van der Waals surface area contributed by atoms with Crippen molar-refractivity contribution in [3.05, 3.63) is 56.4 Å². The molecule has 0 fully saturated rings. The second-order valence-electron chi connectivity index (χ2n) is 3.34. The standard InChI is InChI=1S/C11H6Br2F2O2/c12-7-4-9(17-11(7)13)10(16)6-3-5(14)1-2-8(6)15/h1-4,10,16H. The molecular weight excluding hydrogens is 362 g/mol. The lowest BCUT2D eigenvalue weighted by Gasteiger charge is -2.09. The Balaban J connectivity index is 2.42. The van der Waals surface area contributed by atoms with Crippen molar-refractivity contribution in [3.63, 3.8) is 0 Å². The summed E-state index contributed by atoms with van der Waals surface area (Å²) in [6.07, 6.45) is -1.35. The maximum absolute atomic E-state index is 13.4. The first-order chi connectivity index (χ1) is 7.99. The van der Waals surface area contributed by atoms with Crippen molar-refractivity contribution < 1.29 is 18.3 Å². The summed E-state index contributed by atoms with van der Waals surface area (Å²) >= 11 is 6.27. The molecule has 0 aliphatic carbocycles. The fourth-order valence-corrected chi connectivity index (χ4v) is 1.98. The van der Waals surface area contributed by atoms with Crippen LogP contribution in [0.2, 0.25) is 0 Å². The number of furan rings is 1. The molecule has 0 saturated carbocycles. The van der Waals surface area contributed by atoms with Crippen LogP contribution >= 0.6 is 31.9 Å². The molecule has 1 aromatic carbocycles. The van der Waals surface area contributed by atoms with Crippen molar-refractivity contribution >= 4 is 31.9 Å². The van der Waals surface area contributed by atoms with Gasteiger partial charge in [0.2, 0.25) is 0 Å². The first kappa shape index (κ1) is 12.7. The van der Waals surface area contributed by atoms with Crippen LogP contribution in [0.1, 0.15) is 17.4 Å². The predicted molar refractivity (Wildman–Crippen MR) is 64.5 cm³/mol. The normalized spacial score (nSPS) is 12.8. The van der Waals surface area contributed by atoms with Crippen LogP contribution in [0.5, 0.6) is 0 Å². The molecule has 0 radical (unpaired) electrons. The summed E-state index contributed by atoms with van der Waals surface area (Å²) in [4.78, 5) is 0. The van der Waals surface area contributed by atoms with E-state index in [0.29, 0.717) is 9.14 Å². The summed E-state index contributed by atoms with van der Waals surface area (Å²) in [6.45, 7) is 0. The van der Waals surface area contributed by atoms with Gasteiger partial charge < -0.3 is 9.52 Å². The third kappa shape index (κ3) is 2.59. The maximum atomic E-state index is 13.4. The van der Waals surface area contributed by atoms with Crippen LogP contribution in [0.25, 0.3) is 0 Å². The number of aliphatic hydroxyl groups is 1. The van der Waals surface area contributed by atoms with E-state index in [1.165, 1.54) is 6.07 Å². The minimum Gasteiger partial charge on any atom is -0.450 e. The number of rotatable bonds is 2. The zero-order valence-corrected chi connectivity index (χ0v) is 11.4. The molecule has 1 aromatic heterocycles. The minimum atomic E-state index is -1.35. The third-order valence-corrected chi connectivity index (χ3v) is 3.90. The molecule has 0 aliphatic heterocycles. The van der Waals surface area contributed by atoms with Crippen LogP contribution in [-0.4, -0.2) is 5.11 Å². The molecule has 0 amide bonds. The van der Waals surface area contributed by atoms with E-state index in [4.69, 9.17) is 4.42 Å². The molecule has 0 bridgehead atoms. The van der Waals surface area contributed by atoms with Crippen molar-refractivity contribution in [2.24, 2.45) is 0 Å². The van der Waals surface area contributed by atoms with Gasteiger partial charge in [0.25, 0.3) is 0 Å². The highest BCUT2D eigenvalue weighted by atomic mass is 79.9. The van der Waals surface area contributed by atoms with Crippen molar-refractivity contribution in [1.29, 1.82) is 0 Å². The second kappa shape index (κ2) is 4.88. The van der Waals surface area contributed by atoms with E-state index in [1.54, 1.807) is 0 Å². The molecule has 1 unspecified atom stereocenters. The molecule has 1 atom stereocenters. The van der Waals surface area contributed by atoms with Crippen LogP contribution < -0.4 is 0 Å². The number of benzene rings is 1. The average Bonchev–Trinajstić information content (AvgIpc) is 2.62. The van der Waals surface area contributed by atoms with Crippen LogP contribution in [0, 0.1) is 11.6 Å². The molecule has 0 spiro atoms. The zero-order chi connectivity index (χ0) is 12.6. The maximum Gasteiger partial charge on any atom is 0.183 e. The highest BCUT2D eigenvalue weighted by Crippen LogP contribution is 2.33. The molecule has 2 rings (SSSR count). The largest absolute Gasteiger partial charge is 0.450 e. The van der Waals surface area contributed by atoms with Gasteiger partial charge in [0.15, 0.2) is 4.67 Å². The Morgan fingerprint density at radius 3 is 2.47 bits per heavy atom. The van der Waals surface area contributed by atoms with Crippen LogP contribution in [-0.2, 0) is 0 Å². The SMILES string of the molecule is OC(c1cc(Br)c(Br)o1)c1cc(F)ccc1F. The van der Waals surface area contributed by atoms with Crippen LogP contribution in [0.15, 0.2) is 37.8 Å². The van der Waals surface area contributed by atoms with Crippen LogP contribution in [0.3, 0.4) is 0 Å². The number of halogens is 4. The quantitative estimate of drug-likeness (QED) is 0.864. The number of hydrogen-bond acceptors (Lipinski definition) is 2. The number of aliphatic hydroxyl groups excluding tert-OH is 1. The van der Waals surface area contributed by atoms with Crippen molar-refractivity contribution in [2.75, 3.05) is 0 Å². The fraction of sp³-hybridized carbons (Fsp3) is 0.0909. The van der Waals surface area contributed by atoms with Gasteiger partial charge in [-0.25, -0.2) is 8.78 Å². The topological polar surface area (TPSA) is 33.4 Å². The van der Waals surface area contributed by atoms with Gasteiger partial charge in [0.1, 0.15) is 23.5 Å². The lowest BCUT2D eigenvalue weighted by atomic mass is 10.1. The van der Waals surface area contributed by atoms with E-state index in [0.717, 1.165) is 18.2 Å². The Hall–Kier alpha value is -0.720. The van der Waals surface area contributed by atoms with E-state index in [1.807, 2.05) is 0 Å². The summed E-state index contributed by atoms with van der Waals surface area (Å²) in [6, 6.07) is 4.36. The van der Waals surface area contributed by atoms with Gasteiger partial charge in [0, 0.05) is 5.56 Å². The van der Waals surface area contributed by atoms with Crippen molar-refractivity contribution in [2.45, 2.75) is 6.10 Å². The summed E-state index contributed by atoms with van der Waals surface area (Å²) in [5.74, 6) is -1.19. The molecular formula is C11H6Br2F2O2. The van der Waals surface area contributed by atoms with E-state index >= 15 is 0 Å². The second-order valence-corrected chi connectivity index (χ2v) is 4.91. The van der Waals surface area contributed by atoms with Gasteiger partial charge in [-0.1, -0.05) is 0 Å². The van der Waals surface area contributed by atoms with E-state index in [2.05, 4.69) is 31.9 Å². The number of hydrogen-bond donors (Lipinski definition) is 1. The third-order valence-electron chi connectivity index (χ3n) is 2.19. The highest BCUT2D eigenvalue weighted by Gasteiger charge is 2.20. The molecule has 1 heterocycles. The Morgan fingerprint density at radius 1 is 1.18 bits per heavy atom. The summed E-state index contributed by atoms with van der Waals surface area (Å²) in [7, 11) is 0. The molecule has 1 N–H and O–H groups in total. The van der Waals surface area contributed by atoms with E-state index in [-0.39, 0.29) is 11.3 Å².